The van der Waals surface area contributed by atoms with Crippen molar-refractivity contribution < 1.29 is 4.79 Å². The molecule has 1 aromatic carbocycles. The van der Waals surface area contributed by atoms with Crippen molar-refractivity contribution in [1.82, 2.24) is 0 Å². The third-order valence-corrected chi connectivity index (χ3v) is 4.56. The number of hydrogen-bond donors (Lipinski definition) is 1. The van der Waals surface area contributed by atoms with Gasteiger partial charge in [-0.25, -0.2) is 0 Å². The van der Waals surface area contributed by atoms with Crippen LogP contribution in [0.25, 0.3) is 0 Å². The summed E-state index contributed by atoms with van der Waals surface area (Å²) in [6.45, 7) is 3.10. The third kappa shape index (κ3) is 1.90. The monoisotopic (exact) mass is 248 g/mol. The van der Waals surface area contributed by atoms with Gasteiger partial charge in [0.15, 0.2) is 0 Å². The van der Waals surface area contributed by atoms with Crippen molar-refractivity contribution in [1.29, 1.82) is 0 Å². The highest BCUT2D eigenvalue weighted by Crippen LogP contribution is 2.36. The minimum atomic E-state index is 0.149. The molecule has 0 aliphatic carbocycles. The Kier molecular flexibility index (Phi) is 2.74. The molecule has 1 aromatic rings. The van der Waals surface area contributed by atoms with Crippen molar-refractivity contribution in [3.63, 3.8) is 0 Å². The molecule has 0 radical (unpaired) electrons. The fourth-order valence-electron chi connectivity index (χ4n) is 2.60. The Hall–Kier alpha value is -1.16. The Labute approximate surface area is 106 Å². The summed E-state index contributed by atoms with van der Waals surface area (Å²) in [6.07, 6.45) is 0.612. The van der Waals surface area contributed by atoms with Crippen LogP contribution in [0.5, 0.6) is 0 Å². The SMILES string of the molecule is Cc1cccc2c1NC(=O)CC1CSCCN21. The predicted octanol–water partition coefficient (Wildman–Crippen LogP) is 2.26. The van der Waals surface area contributed by atoms with Gasteiger partial charge < -0.3 is 10.2 Å². The normalized spacial score (nSPS) is 23.5. The number of nitrogens with one attached hydrogen (secondary N) is 1. The van der Waals surface area contributed by atoms with Gasteiger partial charge in [0.25, 0.3) is 0 Å². The first kappa shape index (κ1) is 11.0. The standard InChI is InChI=1S/C13H16N2OS/c1-9-3-2-4-11-13(9)14-12(16)7-10-8-17-6-5-15(10)11/h2-4,10H,5-8H2,1H3,(H,14,16). The quantitative estimate of drug-likeness (QED) is 0.764. The maximum absolute atomic E-state index is 11.9. The van der Waals surface area contributed by atoms with E-state index in [1.54, 1.807) is 0 Å². The van der Waals surface area contributed by atoms with Crippen LogP contribution < -0.4 is 10.2 Å². The summed E-state index contributed by atoms with van der Waals surface area (Å²) < 4.78 is 0. The fraction of sp³-hybridized carbons (Fsp3) is 0.462. The third-order valence-electron chi connectivity index (χ3n) is 3.47. The van der Waals surface area contributed by atoms with Gasteiger partial charge in [-0.15, -0.1) is 0 Å². The van der Waals surface area contributed by atoms with E-state index in [0.717, 1.165) is 29.3 Å². The van der Waals surface area contributed by atoms with E-state index in [9.17, 15) is 4.79 Å². The van der Waals surface area contributed by atoms with Gasteiger partial charge in [-0.2, -0.15) is 11.8 Å². The van der Waals surface area contributed by atoms with Gasteiger partial charge in [0.05, 0.1) is 11.4 Å². The van der Waals surface area contributed by atoms with Crippen molar-refractivity contribution >= 4 is 29.0 Å². The first-order valence-electron chi connectivity index (χ1n) is 5.99. The second-order valence-electron chi connectivity index (χ2n) is 4.64. The molecule has 0 spiro atoms. The first-order chi connectivity index (χ1) is 8.25. The molecule has 0 bridgehead atoms. The maximum atomic E-state index is 11.9. The van der Waals surface area contributed by atoms with Crippen LogP contribution in [0.2, 0.25) is 0 Å². The highest BCUT2D eigenvalue weighted by atomic mass is 32.2. The largest absolute Gasteiger partial charge is 0.365 e. The van der Waals surface area contributed by atoms with Gasteiger partial charge in [0, 0.05) is 30.5 Å². The van der Waals surface area contributed by atoms with Crippen LogP contribution in [0.1, 0.15) is 12.0 Å². The molecule has 17 heavy (non-hydrogen) atoms. The predicted molar refractivity (Wildman–Crippen MR) is 72.9 cm³/mol. The Morgan fingerprint density at radius 2 is 2.35 bits per heavy atom. The topological polar surface area (TPSA) is 32.3 Å². The molecule has 1 amide bonds. The number of thioether (sulfide) groups is 1. The average Bonchev–Trinajstić information content (AvgIpc) is 2.46. The van der Waals surface area contributed by atoms with Crippen LogP contribution in [-0.2, 0) is 4.79 Å². The number of para-hydroxylation sites is 1. The highest BCUT2D eigenvalue weighted by molar-refractivity contribution is 7.99. The zero-order valence-electron chi connectivity index (χ0n) is 9.90. The Bertz CT molecular complexity index is 461. The molecule has 4 heteroatoms. The van der Waals surface area contributed by atoms with Gasteiger partial charge in [0.1, 0.15) is 0 Å². The molecule has 2 aliphatic heterocycles. The number of carbonyl (C=O) groups excluding carboxylic acids is 1. The van der Waals surface area contributed by atoms with Crippen molar-refractivity contribution in [2.24, 2.45) is 0 Å². The summed E-state index contributed by atoms with van der Waals surface area (Å²) in [5, 5.41) is 3.06. The summed E-state index contributed by atoms with van der Waals surface area (Å²) in [7, 11) is 0. The lowest BCUT2D eigenvalue weighted by Gasteiger charge is -2.36. The van der Waals surface area contributed by atoms with Gasteiger partial charge in [-0.1, -0.05) is 12.1 Å². The van der Waals surface area contributed by atoms with Crippen LogP contribution in [-0.4, -0.2) is 30.0 Å². The molecular weight excluding hydrogens is 232 g/mol. The zero-order chi connectivity index (χ0) is 11.8. The van der Waals surface area contributed by atoms with Crippen molar-refractivity contribution in [2.45, 2.75) is 19.4 Å². The molecule has 3 rings (SSSR count). The fourth-order valence-corrected chi connectivity index (χ4v) is 3.66. The molecule has 1 fully saturated rings. The number of aryl methyl sites for hydroxylation is 1. The molecule has 3 nitrogen and oxygen atoms in total. The smallest absolute Gasteiger partial charge is 0.226 e. The lowest BCUT2D eigenvalue weighted by Crippen LogP contribution is -2.42. The molecule has 90 valence electrons. The van der Waals surface area contributed by atoms with E-state index >= 15 is 0 Å². The summed E-state index contributed by atoms with van der Waals surface area (Å²) in [5.74, 6) is 2.36. The number of amides is 1. The Morgan fingerprint density at radius 3 is 3.24 bits per heavy atom. The number of benzene rings is 1. The number of fused-ring (bicyclic) bond motifs is 3. The minimum absolute atomic E-state index is 0.149. The van der Waals surface area contributed by atoms with E-state index in [1.165, 1.54) is 5.69 Å². The van der Waals surface area contributed by atoms with Crippen LogP contribution in [0, 0.1) is 6.92 Å². The zero-order valence-corrected chi connectivity index (χ0v) is 10.7. The van der Waals surface area contributed by atoms with Gasteiger partial charge in [-0.3, -0.25) is 4.79 Å². The molecule has 1 saturated heterocycles. The summed E-state index contributed by atoms with van der Waals surface area (Å²) in [5.41, 5.74) is 3.35. The number of carbonyl (C=O) groups is 1. The molecule has 0 saturated carbocycles. The maximum Gasteiger partial charge on any atom is 0.226 e. The second kappa shape index (κ2) is 4.26. The minimum Gasteiger partial charge on any atom is -0.365 e. The van der Waals surface area contributed by atoms with E-state index in [2.05, 4.69) is 35.3 Å². The Balaban J connectivity index is 2.09. The lowest BCUT2D eigenvalue weighted by molar-refractivity contribution is -0.116. The highest BCUT2D eigenvalue weighted by Gasteiger charge is 2.30. The van der Waals surface area contributed by atoms with E-state index < -0.39 is 0 Å². The molecule has 0 aromatic heterocycles. The molecule has 1 unspecified atom stereocenters. The van der Waals surface area contributed by atoms with Crippen LogP contribution in [0.4, 0.5) is 11.4 Å². The van der Waals surface area contributed by atoms with Crippen LogP contribution >= 0.6 is 11.8 Å². The number of hydrogen-bond acceptors (Lipinski definition) is 3. The van der Waals surface area contributed by atoms with Crippen molar-refractivity contribution in [2.75, 3.05) is 28.3 Å². The first-order valence-corrected chi connectivity index (χ1v) is 7.15. The lowest BCUT2D eigenvalue weighted by atomic mass is 10.1. The van der Waals surface area contributed by atoms with Crippen molar-refractivity contribution in [3.05, 3.63) is 23.8 Å². The average molecular weight is 248 g/mol. The Morgan fingerprint density at radius 1 is 1.47 bits per heavy atom. The molecule has 1 atom stereocenters. The van der Waals surface area contributed by atoms with E-state index in [0.29, 0.717) is 12.5 Å². The molecule has 2 aliphatic rings. The second-order valence-corrected chi connectivity index (χ2v) is 5.79. The number of rotatable bonds is 0. The summed E-state index contributed by atoms with van der Waals surface area (Å²) >= 11 is 1.95. The summed E-state index contributed by atoms with van der Waals surface area (Å²) in [6, 6.07) is 6.61. The molecule has 2 heterocycles. The van der Waals surface area contributed by atoms with E-state index in [4.69, 9.17) is 0 Å². The summed E-state index contributed by atoms with van der Waals surface area (Å²) in [4.78, 5) is 14.3. The molecular formula is C13H16N2OS. The number of anilines is 2. The van der Waals surface area contributed by atoms with Gasteiger partial charge in [-0.05, 0) is 18.6 Å². The van der Waals surface area contributed by atoms with Crippen LogP contribution in [0.3, 0.4) is 0 Å². The van der Waals surface area contributed by atoms with Gasteiger partial charge >= 0.3 is 0 Å². The van der Waals surface area contributed by atoms with Crippen molar-refractivity contribution in [3.8, 4) is 0 Å². The van der Waals surface area contributed by atoms with Gasteiger partial charge in [0.2, 0.25) is 5.91 Å². The van der Waals surface area contributed by atoms with E-state index in [1.807, 2.05) is 11.8 Å². The van der Waals surface area contributed by atoms with Crippen LogP contribution in [0.15, 0.2) is 18.2 Å². The number of nitrogens with zero attached hydrogens (tertiary/aromatic N) is 1. The van der Waals surface area contributed by atoms with E-state index in [-0.39, 0.29) is 5.91 Å². The molecule has 1 N–H and O–H groups in total.